The number of methoxy groups -OCH3 is 1. The molecule has 1 aromatic carbocycles. The molecule has 2 N–H and O–H groups in total. The summed E-state index contributed by atoms with van der Waals surface area (Å²) in [5.41, 5.74) is 2.53. The van der Waals surface area contributed by atoms with E-state index in [4.69, 9.17) is 21.5 Å². The largest absolute Gasteiger partial charge is 0.497 e. The van der Waals surface area contributed by atoms with Gasteiger partial charge in [-0.25, -0.2) is 13.9 Å². The fourth-order valence-corrected chi connectivity index (χ4v) is 3.39. The third-order valence-corrected chi connectivity index (χ3v) is 6.55. The molecule has 2 aromatic rings. The van der Waals surface area contributed by atoms with Crippen molar-refractivity contribution in [3.05, 3.63) is 29.4 Å². The van der Waals surface area contributed by atoms with Crippen molar-refractivity contribution in [2.45, 2.75) is 24.6 Å². The predicted octanol–water partition coefficient (Wildman–Crippen LogP) is 1.31. The van der Waals surface area contributed by atoms with Crippen molar-refractivity contribution in [1.29, 1.82) is 0 Å². The molecule has 0 aliphatic heterocycles. The minimum Gasteiger partial charge on any atom is -0.497 e. The number of sulfone groups is 1. The Morgan fingerprint density at radius 2 is 2.15 bits per heavy atom. The highest BCUT2D eigenvalue weighted by molar-refractivity contribution is 7.92. The van der Waals surface area contributed by atoms with E-state index in [9.17, 15) is 13.2 Å². The number of nitrogens with one attached hydrogen (secondary N) is 1. The lowest BCUT2D eigenvalue weighted by Crippen LogP contribution is -2.49. The van der Waals surface area contributed by atoms with Gasteiger partial charge in [0.05, 0.1) is 18.3 Å². The van der Waals surface area contributed by atoms with Crippen molar-refractivity contribution >= 4 is 27.3 Å². The van der Waals surface area contributed by atoms with Gasteiger partial charge in [-0.15, -0.1) is 5.10 Å². The van der Waals surface area contributed by atoms with Gasteiger partial charge in [0.25, 0.3) is 5.91 Å². The summed E-state index contributed by atoms with van der Waals surface area (Å²) in [4.78, 5) is 11.8. The van der Waals surface area contributed by atoms with E-state index in [0.717, 1.165) is 6.26 Å². The fourth-order valence-electron chi connectivity index (χ4n) is 2.28. The molecule has 26 heavy (non-hydrogen) atoms. The summed E-state index contributed by atoms with van der Waals surface area (Å²) < 4.78 is 28.6. The lowest BCUT2D eigenvalue weighted by Gasteiger charge is -2.24. The lowest BCUT2D eigenvalue weighted by molar-refractivity contribution is -0.131. The van der Waals surface area contributed by atoms with Crippen molar-refractivity contribution in [1.82, 2.24) is 20.5 Å². The number of aryl methyl sites for hydroxylation is 1. The third-order valence-electron chi connectivity index (χ3n) is 4.21. The summed E-state index contributed by atoms with van der Waals surface area (Å²) in [6.07, 6.45) is 2.43. The highest BCUT2D eigenvalue weighted by Gasteiger charge is 2.43. The van der Waals surface area contributed by atoms with Gasteiger partial charge in [-0.1, -0.05) is 16.8 Å². The molecule has 0 aliphatic rings. The Balaban J connectivity index is 2.22. The maximum Gasteiger partial charge on any atom is 0.264 e. The van der Waals surface area contributed by atoms with Gasteiger partial charge >= 0.3 is 0 Å². The molecule has 1 amide bonds. The molecule has 0 fully saturated rings. The zero-order chi connectivity index (χ0) is 19.5. The second kappa shape index (κ2) is 7.60. The van der Waals surface area contributed by atoms with Gasteiger partial charge in [-0.05, 0) is 31.5 Å². The summed E-state index contributed by atoms with van der Waals surface area (Å²) in [5, 5.41) is 17.2. The van der Waals surface area contributed by atoms with Gasteiger partial charge in [0.1, 0.15) is 11.4 Å². The first-order valence-corrected chi connectivity index (χ1v) is 9.77. The minimum atomic E-state index is -3.77. The van der Waals surface area contributed by atoms with Crippen LogP contribution in [0, 0.1) is 0 Å². The molecular weight excluding hydrogens is 384 g/mol. The Kier molecular flexibility index (Phi) is 5.89. The van der Waals surface area contributed by atoms with E-state index >= 15 is 0 Å². The van der Waals surface area contributed by atoms with Gasteiger partial charge in [0.15, 0.2) is 14.6 Å². The molecule has 0 saturated heterocycles. The second-order valence-electron chi connectivity index (χ2n) is 5.91. The number of hydrogen-bond donors (Lipinski definition) is 2. The van der Waals surface area contributed by atoms with Crippen molar-refractivity contribution in [3.8, 4) is 17.0 Å². The molecule has 2 rings (SSSR count). The molecule has 0 saturated carbocycles. The van der Waals surface area contributed by atoms with Gasteiger partial charge in [0, 0.05) is 18.4 Å². The number of hydroxylamine groups is 1. The summed E-state index contributed by atoms with van der Waals surface area (Å²) in [6, 6.07) is 5.10. The van der Waals surface area contributed by atoms with E-state index in [1.165, 1.54) is 24.2 Å². The number of carbonyl (C=O) groups excluding carboxylic acids is 1. The summed E-state index contributed by atoms with van der Waals surface area (Å²) in [7, 11) is -2.24. The van der Waals surface area contributed by atoms with Crippen LogP contribution < -0.4 is 10.2 Å². The predicted molar refractivity (Wildman–Crippen MR) is 94.8 cm³/mol. The standard InChI is InChI=1S/C15H19ClN4O5S/c1-15(14(21)18-22,26(3,23)24)6-7-20-9-13(17-19-20)11-5-4-10(25-2)8-12(11)16/h4-5,8-9,22H,6-7H2,1-3H3,(H,18,21)/t15-/m1/s1. The van der Waals surface area contributed by atoms with Crippen molar-refractivity contribution in [2.75, 3.05) is 13.4 Å². The van der Waals surface area contributed by atoms with E-state index < -0.39 is 20.5 Å². The smallest absolute Gasteiger partial charge is 0.264 e. The molecule has 0 spiro atoms. The number of nitrogens with zero attached hydrogens (tertiary/aromatic N) is 3. The van der Waals surface area contributed by atoms with Crippen LogP contribution in [0.5, 0.6) is 5.75 Å². The van der Waals surface area contributed by atoms with E-state index in [0.29, 0.717) is 22.0 Å². The third kappa shape index (κ3) is 3.97. The van der Waals surface area contributed by atoms with Crippen LogP contribution in [0.3, 0.4) is 0 Å². The van der Waals surface area contributed by atoms with E-state index in [2.05, 4.69) is 10.3 Å². The Labute approximate surface area is 155 Å². The maximum atomic E-state index is 12.0. The Hall–Kier alpha value is -2.17. The van der Waals surface area contributed by atoms with E-state index in [1.54, 1.807) is 24.4 Å². The van der Waals surface area contributed by atoms with Crippen LogP contribution in [0.15, 0.2) is 24.4 Å². The van der Waals surface area contributed by atoms with E-state index in [-0.39, 0.29) is 13.0 Å². The number of halogens is 1. The normalized spacial score (nSPS) is 13.9. The summed E-state index contributed by atoms with van der Waals surface area (Å²) >= 11 is 6.20. The first kappa shape index (κ1) is 20.1. The number of ether oxygens (including phenoxy) is 1. The van der Waals surface area contributed by atoms with Crippen LogP contribution in [0.1, 0.15) is 13.3 Å². The monoisotopic (exact) mass is 402 g/mol. The highest BCUT2D eigenvalue weighted by Crippen LogP contribution is 2.30. The number of hydrogen-bond acceptors (Lipinski definition) is 7. The molecule has 0 aliphatic carbocycles. The zero-order valence-electron chi connectivity index (χ0n) is 14.4. The lowest BCUT2D eigenvalue weighted by atomic mass is 10.1. The van der Waals surface area contributed by atoms with Crippen LogP contribution in [-0.2, 0) is 21.2 Å². The minimum absolute atomic E-state index is 0.0950. The van der Waals surface area contributed by atoms with Crippen LogP contribution >= 0.6 is 11.6 Å². The second-order valence-corrected chi connectivity index (χ2v) is 8.76. The number of rotatable bonds is 7. The highest BCUT2D eigenvalue weighted by atomic mass is 35.5. The molecule has 1 heterocycles. The molecule has 9 nitrogen and oxygen atoms in total. The summed E-state index contributed by atoms with van der Waals surface area (Å²) in [6.45, 7) is 1.34. The van der Waals surface area contributed by atoms with Crippen LogP contribution in [-0.4, -0.2) is 52.6 Å². The number of carbonyl (C=O) groups is 1. The number of aromatic nitrogens is 3. The maximum absolute atomic E-state index is 12.0. The van der Waals surface area contributed by atoms with Gasteiger partial charge in [0.2, 0.25) is 0 Å². The SMILES string of the molecule is COc1ccc(-c2cn(CC[C@](C)(C(=O)NO)S(C)(=O)=O)nn2)c(Cl)c1. The molecule has 0 unspecified atom stereocenters. The molecule has 142 valence electrons. The first-order valence-electron chi connectivity index (χ1n) is 7.50. The summed E-state index contributed by atoms with van der Waals surface area (Å²) in [5.74, 6) is -0.399. The molecule has 1 atom stereocenters. The van der Waals surface area contributed by atoms with Crippen molar-refractivity contribution in [3.63, 3.8) is 0 Å². The van der Waals surface area contributed by atoms with Gasteiger partial charge in [-0.3, -0.25) is 14.7 Å². The first-order chi connectivity index (χ1) is 12.1. The number of amides is 1. The van der Waals surface area contributed by atoms with Crippen molar-refractivity contribution in [2.24, 2.45) is 0 Å². The molecule has 0 bridgehead atoms. The van der Waals surface area contributed by atoms with Crippen LogP contribution in [0.2, 0.25) is 5.02 Å². The van der Waals surface area contributed by atoms with E-state index in [1.807, 2.05) is 0 Å². The molecule has 1 aromatic heterocycles. The Bertz CT molecular complexity index is 915. The topological polar surface area (TPSA) is 123 Å². The average molecular weight is 403 g/mol. The number of benzene rings is 1. The molecule has 11 heteroatoms. The van der Waals surface area contributed by atoms with Crippen LogP contribution in [0.25, 0.3) is 11.3 Å². The van der Waals surface area contributed by atoms with Gasteiger partial charge in [-0.2, -0.15) is 0 Å². The Morgan fingerprint density at radius 3 is 2.69 bits per heavy atom. The fraction of sp³-hybridized carbons (Fsp3) is 0.400. The average Bonchev–Trinajstić information content (AvgIpc) is 3.06. The zero-order valence-corrected chi connectivity index (χ0v) is 16.0. The molecular formula is C15H19ClN4O5S. The molecule has 0 radical (unpaired) electrons. The van der Waals surface area contributed by atoms with Crippen molar-refractivity contribution < 1.29 is 23.2 Å². The van der Waals surface area contributed by atoms with Gasteiger partial charge < -0.3 is 4.74 Å². The Morgan fingerprint density at radius 1 is 1.46 bits per heavy atom. The van der Waals surface area contributed by atoms with Crippen LogP contribution in [0.4, 0.5) is 0 Å². The quantitative estimate of drug-likeness (QED) is 0.528.